The van der Waals surface area contributed by atoms with Crippen LogP contribution in [0.2, 0.25) is 5.02 Å². The van der Waals surface area contributed by atoms with E-state index in [0.717, 1.165) is 11.1 Å². The van der Waals surface area contributed by atoms with Gasteiger partial charge in [0.2, 0.25) is 5.91 Å². The molecule has 0 aromatic heterocycles. The van der Waals surface area contributed by atoms with Crippen LogP contribution in [-0.4, -0.2) is 17.9 Å². The quantitative estimate of drug-likeness (QED) is 0.764. The molecule has 3 heteroatoms. The van der Waals surface area contributed by atoms with E-state index in [9.17, 15) is 4.79 Å². The van der Waals surface area contributed by atoms with Crippen molar-refractivity contribution in [2.24, 2.45) is 0 Å². The lowest BCUT2D eigenvalue weighted by molar-refractivity contribution is -0.147. The molecule has 0 N–H and O–H groups in total. The van der Waals surface area contributed by atoms with Gasteiger partial charge in [-0.1, -0.05) is 54.1 Å². The summed E-state index contributed by atoms with van der Waals surface area (Å²) in [6.07, 6.45) is 0. The third-order valence-electron chi connectivity index (χ3n) is 3.72. The largest absolute Gasteiger partial charge is 0.337 e. The first-order valence-corrected chi connectivity index (χ1v) is 6.63. The van der Waals surface area contributed by atoms with Crippen LogP contribution in [0.4, 0.5) is 0 Å². The number of rotatable bonds is 2. The Morgan fingerprint density at radius 3 is 2.21 bits per heavy atom. The Bertz CT molecular complexity index is 594. The monoisotopic (exact) mass is 271 g/mol. The standard InChI is InChI=1S/C16H14ClNO/c1-18-15(12-7-9-13(17)10-8-12)14(16(18)19)11-5-3-2-4-6-11/h2-10,14-15H,1H3. The predicted octanol–water partition coefficient (Wildman–Crippen LogP) is 3.64. The number of amides is 1. The normalized spacial score (nSPS) is 22.2. The lowest BCUT2D eigenvalue weighted by atomic mass is 9.78. The van der Waals surface area contributed by atoms with Crippen molar-refractivity contribution in [1.29, 1.82) is 0 Å². The molecule has 2 nitrogen and oxygen atoms in total. The molecule has 1 amide bonds. The minimum absolute atomic E-state index is 0.0765. The second-order valence-corrected chi connectivity index (χ2v) is 5.27. The molecule has 96 valence electrons. The van der Waals surface area contributed by atoms with Gasteiger partial charge >= 0.3 is 0 Å². The van der Waals surface area contributed by atoms with E-state index >= 15 is 0 Å². The van der Waals surface area contributed by atoms with Crippen molar-refractivity contribution in [1.82, 2.24) is 4.90 Å². The first-order chi connectivity index (χ1) is 9.18. The Kier molecular flexibility index (Phi) is 3.03. The molecule has 1 saturated heterocycles. The van der Waals surface area contributed by atoms with Gasteiger partial charge in [-0.3, -0.25) is 4.79 Å². The van der Waals surface area contributed by atoms with Crippen LogP contribution in [0.25, 0.3) is 0 Å². The summed E-state index contributed by atoms with van der Waals surface area (Å²) in [7, 11) is 1.85. The van der Waals surface area contributed by atoms with Crippen LogP contribution in [0.3, 0.4) is 0 Å². The zero-order chi connectivity index (χ0) is 13.4. The molecule has 1 heterocycles. The van der Waals surface area contributed by atoms with E-state index < -0.39 is 0 Å². The summed E-state index contributed by atoms with van der Waals surface area (Å²) in [6.45, 7) is 0. The van der Waals surface area contributed by atoms with Gasteiger partial charge in [-0.25, -0.2) is 0 Å². The fourth-order valence-electron chi connectivity index (χ4n) is 2.69. The van der Waals surface area contributed by atoms with Gasteiger partial charge in [0.1, 0.15) is 0 Å². The van der Waals surface area contributed by atoms with Crippen LogP contribution in [0.1, 0.15) is 23.1 Å². The topological polar surface area (TPSA) is 20.3 Å². The lowest BCUT2D eigenvalue weighted by Crippen LogP contribution is -2.50. The molecule has 0 spiro atoms. The molecule has 1 aliphatic heterocycles. The van der Waals surface area contributed by atoms with Gasteiger partial charge in [0.05, 0.1) is 12.0 Å². The number of carbonyl (C=O) groups excluding carboxylic acids is 1. The average Bonchev–Trinajstić information content (AvgIpc) is 2.46. The Morgan fingerprint density at radius 2 is 1.58 bits per heavy atom. The number of halogens is 1. The highest BCUT2D eigenvalue weighted by molar-refractivity contribution is 6.30. The van der Waals surface area contributed by atoms with Gasteiger partial charge in [0.25, 0.3) is 0 Å². The van der Waals surface area contributed by atoms with Gasteiger partial charge in [-0.05, 0) is 23.3 Å². The summed E-state index contributed by atoms with van der Waals surface area (Å²) in [5, 5.41) is 0.716. The molecule has 2 atom stereocenters. The Morgan fingerprint density at radius 1 is 0.947 bits per heavy atom. The van der Waals surface area contributed by atoms with Gasteiger partial charge < -0.3 is 4.90 Å². The zero-order valence-corrected chi connectivity index (χ0v) is 11.3. The molecular weight excluding hydrogens is 258 g/mol. The highest BCUT2D eigenvalue weighted by atomic mass is 35.5. The molecule has 0 saturated carbocycles. The van der Waals surface area contributed by atoms with Gasteiger partial charge in [-0.15, -0.1) is 0 Å². The summed E-state index contributed by atoms with van der Waals surface area (Å²) < 4.78 is 0. The van der Waals surface area contributed by atoms with Gasteiger partial charge in [-0.2, -0.15) is 0 Å². The fraction of sp³-hybridized carbons (Fsp3) is 0.188. The van der Waals surface area contributed by atoms with E-state index in [-0.39, 0.29) is 17.9 Å². The van der Waals surface area contributed by atoms with Crippen molar-refractivity contribution in [2.75, 3.05) is 7.05 Å². The molecule has 1 aliphatic rings. The Balaban J connectivity index is 1.96. The first-order valence-electron chi connectivity index (χ1n) is 6.25. The number of benzene rings is 2. The molecule has 2 unspecified atom stereocenters. The first kappa shape index (κ1) is 12.2. The minimum atomic E-state index is -0.0765. The number of likely N-dealkylation sites (tertiary alicyclic amines) is 1. The predicted molar refractivity (Wildman–Crippen MR) is 76.1 cm³/mol. The van der Waals surface area contributed by atoms with Crippen molar-refractivity contribution < 1.29 is 4.79 Å². The number of nitrogens with zero attached hydrogens (tertiary/aromatic N) is 1. The summed E-state index contributed by atoms with van der Waals surface area (Å²) in [5.74, 6) is 0.0959. The highest BCUT2D eigenvalue weighted by Gasteiger charge is 2.46. The number of hydrogen-bond acceptors (Lipinski definition) is 1. The summed E-state index contributed by atoms with van der Waals surface area (Å²) >= 11 is 5.92. The summed E-state index contributed by atoms with van der Waals surface area (Å²) in [6, 6.07) is 17.8. The third kappa shape index (κ3) is 2.02. The van der Waals surface area contributed by atoms with Gasteiger partial charge in [0.15, 0.2) is 0 Å². The molecule has 3 rings (SSSR count). The van der Waals surface area contributed by atoms with Crippen LogP contribution in [0.15, 0.2) is 54.6 Å². The van der Waals surface area contributed by atoms with E-state index in [1.807, 2.05) is 61.6 Å². The average molecular weight is 272 g/mol. The van der Waals surface area contributed by atoms with E-state index in [2.05, 4.69) is 0 Å². The van der Waals surface area contributed by atoms with Crippen LogP contribution in [-0.2, 0) is 4.79 Å². The lowest BCUT2D eigenvalue weighted by Gasteiger charge is -2.45. The van der Waals surface area contributed by atoms with Crippen molar-refractivity contribution >= 4 is 17.5 Å². The van der Waals surface area contributed by atoms with Crippen LogP contribution in [0, 0.1) is 0 Å². The third-order valence-corrected chi connectivity index (χ3v) is 3.97. The molecule has 0 aliphatic carbocycles. The van der Waals surface area contributed by atoms with Crippen LogP contribution < -0.4 is 0 Å². The van der Waals surface area contributed by atoms with E-state index in [1.165, 1.54) is 0 Å². The maximum atomic E-state index is 12.1. The molecule has 2 aromatic carbocycles. The SMILES string of the molecule is CN1C(=O)C(c2ccccc2)C1c1ccc(Cl)cc1. The smallest absolute Gasteiger partial charge is 0.232 e. The van der Waals surface area contributed by atoms with E-state index in [4.69, 9.17) is 11.6 Å². The zero-order valence-electron chi connectivity index (χ0n) is 10.6. The minimum Gasteiger partial charge on any atom is -0.337 e. The molecule has 2 aromatic rings. The highest BCUT2D eigenvalue weighted by Crippen LogP contribution is 2.45. The summed E-state index contributed by atoms with van der Waals surface area (Å²) in [5.41, 5.74) is 2.20. The molecule has 0 radical (unpaired) electrons. The van der Waals surface area contributed by atoms with Crippen molar-refractivity contribution in [3.8, 4) is 0 Å². The second-order valence-electron chi connectivity index (χ2n) is 4.83. The molecule has 19 heavy (non-hydrogen) atoms. The summed E-state index contributed by atoms with van der Waals surface area (Å²) in [4.78, 5) is 13.9. The Labute approximate surface area is 117 Å². The number of carbonyl (C=O) groups is 1. The van der Waals surface area contributed by atoms with E-state index in [0.29, 0.717) is 5.02 Å². The Hall–Kier alpha value is -1.80. The number of hydrogen-bond donors (Lipinski definition) is 0. The van der Waals surface area contributed by atoms with Crippen LogP contribution in [0.5, 0.6) is 0 Å². The van der Waals surface area contributed by atoms with Crippen molar-refractivity contribution in [2.45, 2.75) is 12.0 Å². The number of likely N-dealkylation sites (N-methyl/N-ethyl adjacent to an activating group) is 1. The van der Waals surface area contributed by atoms with Crippen molar-refractivity contribution in [3.05, 3.63) is 70.7 Å². The fourth-order valence-corrected chi connectivity index (χ4v) is 2.82. The maximum Gasteiger partial charge on any atom is 0.232 e. The molecule has 1 fully saturated rings. The van der Waals surface area contributed by atoms with E-state index in [1.54, 1.807) is 4.90 Å². The molecular formula is C16H14ClNO. The van der Waals surface area contributed by atoms with Crippen molar-refractivity contribution in [3.63, 3.8) is 0 Å². The molecule has 0 bridgehead atoms. The number of β-lactam (4-membered cyclic amide) rings is 1. The van der Waals surface area contributed by atoms with Gasteiger partial charge in [0, 0.05) is 12.1 Å². The maximum absolute atomic E-state index is 12.1. The van der Waals surface area contributed by atoms with Crippen LogP contribution >= 0.6 is 11.6 Å². The second kappa shape index (κ2) is 4.71.